The Morgan fingerprint density at radius 3 is 1.08 bits per heavy atom. The number of carbonyl (C=O) groups excluding carboxylic acids is 2. The average Bonchev–Trinajstić information content (AvgIpc) is 3.36. The predicted octanol–water partition coefficient (Wildman–Crippen LogP) is 17.7. The lowest BCUT2D eigenvalue weighted by atomic mass is 10.0. The predicted molar refractivity (Wildman–Crippen MR) is 314 cm³/mol. The molecule has 9 nitrogen and oxygen atoms in total. The van der Waals surface area contributed by atoms with Crippen molar-refractivity contribution >= 4 is 19.8 Å². The number of quaternary nitrogens is 1. The van der Waals surface area contributed by atoms with Crippen LogP contribution in [-0.4, -0.2) is 70.0 Å². The van der Waals surface area contributed by atoms with Crippen molar-refractivity contribution in [3.05, 3.63) is 122 Å². The lowest BCUT2D eigenvalue weighted by Gasteiger charge is -2.28. The molecule has 0 saturated heterocycles. The third kappa shape index (κ3) is 57.7. The Kier molecular flexibility index (Phi) is 51.6. The molecule has 2 atom stereocenters. The van der Waals surface area contributed by atoms with Gasteiger partial charge in [-0.2, -0.15) is 0 Å². The maximum absolute atomic E-state index is 12.8. The highest BCUT2D eigenvalue weighted by Crippen LogP contribution is 2.38. The molecule has 0 aromatic carbocycles. The molecule has 0 rings (SSSR count). The summed E-state index contributed by atoms with van der Waals surface area (Å²) in [6.45, 7) is 3.99. The molecule has 0 aliphatic carbocycles. The van der Waals surface area contributed by atoms with Crippen molar-refractivity contribution in [1.29, 1.82) is 0 Å². The van der Waals surface area contributed by atoms with Crippen LogP contribution in [0.3, 0.4) is 0 Å². The first-order valence-corrected chi connectivity index (χ1v) is 30.7. The molecule has 0 spiro atoms. The Balaban J connectivity index is 4.22. The van der Waals surface area contributed by atoms with E-state index in [0.29, 0.717) is 23.9 Å². The number of phosphoric ester groups is 1. The van der Waals surface area contributed by atoms with E-state index in [4.69, 9.17) is 18.5 Å². The number of hydrogen-bond donors (Lipinski definition) is 0. The Hall–Kier alpha value is -3.59. The van der Waals surface area contributed by atoms with E-state index in [2.05, 4.69) is 135 Å². The Labute approximate surface area is 454 Å². The first kappa shape index (κ1) is 70.4. The molecule has 0 bridgehead atoms. The minimum Gasteiger partial charge on any atom is -0.756 e. The topological polar surface area (TPSA) is 111 Å². The summed E-state index contributed by atoms with van der Waals surface area (Å²) >= 11 is 0. The summed E-state index contributed by atoms with van der Waals surface area (Å²) in [5.74, 6) is -0.856. The van der Waals surface area contributed by atoms with E-state index < -0.39 is 32.5 Å². The van der Waals surface area contributed by atoms with Gasteiger partial charge in [-0.05, 0) is 103 Å². The maximum atomic E-state index is 12.8. The second-order valence-electron chi connectivity index (χ2n) is 20.2. The number of carbonyl (C=O) groups is 2. The second kappa shape index (κ2) is 54.2. The number of nitrogens with zero attached hydrogens (tertiary/aromatic N) is 1. The van der Waals surface area contributed by atoms with Gasteiger partial charge in [0, 0.05) is 12.8 Å². The molecule has 0 aliphatic heterocycles. The summed E-state index contributed by atoms with van der Waals surface area (Å²) in [6, 6.07) is 0. The third-order valence-electron chi connectivity index (χ3n) is 12.0. The van der Waals surface area contributed by atoms with Crippen LogP contribution in [0.25, 0.3) is 0 Å². The highest BCUT2D eigenvalue weighted by atomic mass is 31.2. The number of allylic oxidation sites excluding steroid dienone is 20. The van der Waals surface area contributed by atoms with Crippen molar-refractivity contribution in [3.8, 4) is 0 Å². The number of unbranched alkanes of at least 4 members (excludes halogenated alkanes) is 18. The standard InChI is InChI=1S/C64H108NO8P/c1-6-8-10-12-14-16-18-20-22-24-26-28-30-31-32-33-35-37-39-41-43-45-47-49-51-53-55-57-64(67)73-62(61-72-74(68,69)71-59-58-65(3,4)5)60-70-63(66)56-54-52-50-48-46-44-42-40-38-36-34-29-27-25-23-21-19-17-15-13-11-9-7-2/h8-11,14-17,20-23,26-29,31-32,36,38,62H,6-7,12-13,18-19,24-25,30,33-35,37,39-61H2,1-5H3/b10-8-,11-9-,16-14-,17-15-,22-20-,23-21-,28-26-,29-27-,32-31-,38-36-. The van der Waals surface area contributed by atoms with Crippen LogP contribution >= 0.6 is 7.82 Å². The fourth-order valence-corrected chi connectivity index (χ4v) is 8.26. The van der Waals surface area contributed by atoms with E-state index in [1.807, 2.05) is 21.1 Å². The average molecular weight is 1050 g/mol. The normalized spacial score (nSPS) is 14.2. The summed E-state index contributed by atoms with van der Waals surface area (Å²) in [5, 5.41) is 0. The van der Waals surface area contributed by atoms with Crippen molar-refractivity contribution in [1.82, 2.24) is 0 Å². The van der Waals surface area contributed by atoms with Gasteiger partial charge in [0.1, 0.15) is 19.8 Å². The van der Waals surface area contributed by atoms with Crippen molar-refractivity contribution in [3.63, 3.8) is 0 Å². The lowest BCUT2D eigenvalue weighted by molar-refractivity contribution is -0.870. The third-order valence-corrected chi connectivity index (χ3v) is 12.9. The van der Waals surface area contributed by atoms with Gasteiger partial charge in [0.25, 0.3) is 7.82 Å². The first-order valence-electron chi connectivity index (χ1n) is 29.2. The fraction of sp³-hybridized carbons (Fsp3) is 0.656. The van der Waals surface area contributed by atoms with Gasteiger partial charge >= 0.3 is 11.9 Å². The molecule has 0 amide bonds. The molecule has 0 radical (unpaired) electrons. The van der Waals surface area contributed by atoms with Crippen LogP contribution in [0.2, 0.25) is 0 Å². The minimum atomic E-state index is -4.65. The molecule has 0 fully saturated rings. The number of ether oxygens (including phenoxy) is 2. The molecule has 74 heavy (non-hydrogen) atoms. The molecular weight excluding hydrogens is 942 g/mol. The first-order chi connectivity index (χ1) is 36.0. The van der Waals surface area contributed by atoms with E-state index in [1.54, 1.807) is 0 Å². The van der Waals surface area contributed by atoms with Crippen molar-refractivity contribution in [2.75, 3.05) is 47.5 Å². The van der Waals surface area contributed by atoms with Crippen molar-refractivity contribution < 1.29 is 42.1 Å². The fourth-order valence-electron chi connectivity index (χ4n) is 7.53. The van der Waals surface area contributed by atoms with E-state index >= 15 is 0 Å². The summed E-state index contributed by atoms with van der Waals surface area (Å²) < 4.78 is 34.2. The summed E-state index contributed by atoms with van der Waals surface area (Å²) in [6.07, 6.45) is 76.6. The number of likely N-dealkylation sites (N-methyl/N-ethyl adjacent to an activating group) is 1. The van der Waals surface area contributed by atoms with Crippen LogP contribution in [-0.2, 0) is 32.7 Å². The van der Waals surface area contributed by atoms with Gasteiger partial charge in [-0.15, -0.1) is 0 Å². The van der Waals surface area contributed by atoms with Gasteiger partial charge < -0.3 is 27.9 Å². The monoisotopic (exact) mass is 1050 g/mol. The Morgan fingerprint density at radius 2 is 0.730 bits per heavy atom. The lowest BCUT2D eigenvalue weighted by Crippen LogP contribution is -2.37. The van der Waals surface area contributed by atoms with Crippen molar-refractivity contribution in [2.24, 2.45) is 0 Å². The molecular formula is C64H108NO8P. The maximum Gasteiger partial charge on any atom is 0.306 e. The summed E-state index contributed by atoms with van der Waals surface area (Å²) in [4.78, 5) is 37.9. The molecule has 422 valence electrons. The number of esters is 2. The molecule has 0 aliphatic rings. The highest BCUT2D eigenvalue weighted by molar-refractivity contribution is 7.45. The molecule has 0 N–H and O–H groups in total. The quantitative estimate of drug-likeness (QED) is 0.0195. The summed E-state index contributed by atoms with van der Waals surface area (Å²) in [5.41, 5.74) is 0. The van der Waals surface area contributed by atoms with Crippen LogP contribution in [0, 0.1) is 0 Å². The van der Waals surface area contributed by atoms with Crippen molar-refractivity contribution in [2.45, 2.75) is 225 Å². The van der Waals surface area contributed by atoms with E-state index in [0.717, 1.165) is 116 Å². The van der Waals surface area contributed by atoms with Gasteiger partial charge in [-0.3, -0.25) is 14.2 Å². The smallest absolute Gasteiger partial charge is 0.306 e. The van der Waals surface area contributed by atoms with E-state index in [-0.39, 0.29) is 26.1 Å². The van der Waals surface area contributed by atoms with Gasteiger partial charge in [0.05, 0.1) is 27.7 Å². The van der Waals surface area contributed by atoms with Gasteiger partial charge in [0.15, 0.2) is 6.10 Å². The minimum absolute atomic E-state index is 0.0399. The zero-order valence-electron chi connectivity index (χ0n) is 47.7. The van der Waals surface area contributed by atoms with Crippen LogP contribution in [0.1, 0.15) is 219 Å². The molecule has 0 saturated carbocycles. The Morgan fingerprint density at radius 1 is 0.419 bits per heavy atom. The van der Waals surface area contributed by atoms with Gasteiger partial charge in [-0.25, -0.2) is 0 Å². The zero-order chi connectivity index (χ0) is 54.2. The molecule has 0 heterocycles. The SMILES string of the molecule is CC/C=C\C/C=C\C/C=C\C/C=C\C/C=C\CCCCCCCCCCCCCC(=O)OC(COC(=O)CCCCCCCCC/C=C\C/C=C\C/C=C\C/C=C\C/C=C\CC)COP(=O)([O-])OCC[N+](C)(C)C. The van der Waals surface area contributed by atoms with Crippen LogP contribution in [0.15, 0.2) is 122 Å². The number of rotatable bonds is 52. The van der Waals surface area contributed by atoms with Crippen LogP contribution in [0.4, 0.5) is 0 Å². The molecule has 10 heteroatoms. The summed E-state index contributed by atoms with van der Waals surface area (Å²) in [7, 11) is 1.14. The van der Waals surface area contributed by atoms with E-state index in [1.165, 1.54) is 64.2 Å². The number of hydrogen-bond acceptors (Lipinski definition) is 8. The second-order valence-corrected chi connectivity index (χ2v) is 21.7. The van der Waals surface area contributed by atoms with Crippen LogP contribution in [0.5, 0.6) is 0 Å². The van der Waals surface area contributed by atoms with Gasteiger partial charge in [0.2, 0.25) is 0 Å². The zero-order valence-corrected chi connectivity index (χ0v) is 48.6. The van der Waals surface area contributed by atoms with Crippen LogP contribution < -0.4 is 4.89 Å². The molecule has 0 aromatic heterocycles. The number of phosphoric acid groups is 1. The molecule has 2 unspecified atom stereocenters. The van der Waals surface area contributed by atoms with Gasteiger partial charge in [-0.1, -0.05) is 225 Å². The highest BCUT2D eigenvalue weighted by Gasteiger charge is 2.21. The van der Waals surface area contributed by atoms with E-state index in [9.17, 15) is 19.0 Å². The molecule has 0 aromatic rings. The Bertz CT molecular complexity index is 1660. The largest absolute Gasteiger partial charge is 0.756 e.